The molecule has 2 amide bonds. The molecule has 7 heteroatoms. The molecule has 1 fully saturated rings. The molecule has 6 nitrogen and oxygen atoms in total. The fraction of sp³-hybridized carbons (Fsp3) is 0.545. The van der Waals surface area contributed by atoms with E-state index in [1.807, 2.05) is 0 Å². The van der Waals surface area contributed by atoms with E-state index >= 15 is 0 Å². The topological polar surface area (TPSA) is 82.3 Å². The van der Waals surface area contributed by atoms with Gasteiger partial charge in [-0.2, -0.15) is 0 Å². The zero-order chi connectivity index (χ0) is 13.3. The maximum absolute atomic E-state index is 12.2. The van der Waals surface area contributed by atoms with E-state index in [1.54, 1.807) is 24.1 Å². The van der Waals surface area contributed by atoms with E-state index in [-0.39, 0.29) is 23.1 Å². The Hall–Kier alpha value is -1.63. The summed E-state index contributed by atoms with van der Waals surface area (Å²) >= 11 is 1.07. The number of nitrogens with one attached hydrogen (secondary N) is 2. The highest BCUT2D eigenvalue weighted by Gasteiger charge is 2.36. The highest BCUT2D eigenvalue weighted by Crippen LogP contribution is 2.15. The van der Waals surface area contributed by atoms with Crippen LogP contribution in [0, 0.1) is 0 Å². The van der Waals surface area contributed by atoms with E-state index in [9.17, 15) is 14.4 Å². The van der Waals surface area contributed by atoms with Gasteiger partial charge in [-0.05, 0) is 13.8 Å². The summed E-state index contributed by atoms with van der Waals surface area (Å²) in [6.07, 6.45) is 0.281. The van der Waals surface area contributed by atoms with Crippen LogP contribution in [-0.2, 0) is 16.1 Å². The Morgan fingerprint density at radius 2 is 2.11 bits per heavy atom. The number of rotatable bonds is 2. The van der Waals surface area contributed by atoms with Gasteiger partial charge in [-0.25, -0.2) is 0 Å². The number of nitrogens with zero attached hydrogens (tertiary/aromatic N) is 1. The maximum Gasteiger partial charge on any atom is 0.304 e. The monoisotopic (exact) mass is 269 g/mol. The maximum atomic E-state index is 12.2. The Bertz CT molecular complexity index is 532. The molecule has 2 N–H and O–H groups in total. The van der Waals surface area contributed by atoms with Gasteiger partial charge in [0.05, 0.1) is 6.54 Å². The minimum atomic E-state index is -0.899. The van der Waals surface area contributed by atoms with Crippen LogP contribution in [0.3, 0.4) is 0 Å². The molecule has 1 aromatic heterocycles. The summed E-state index contributed by atoms with van der Waals surface area (Å²) < 4.78 is 0. The lowest BCUT2D eigenvalue weighted by Crippen LogP contribution is -2.52. The van der Waals surface area contributed by atoms with Crippen LogP contribution in [0.2, 0.25) is 0 Å². The van der Waals surface area contributed by atoms with E-state index in [0.29, 0.717) is 18.8 Å². The molecule has 0 unspecified atom stereocenters. The van der Waals surface area contributed by atoms with Crippen molar-refractivity contribution in [3.63, 3.8) is 0 Å². The van der Waals surface area contributed by atoms with Crippen LogP contribution >= 0.6 is 11.3 Å². The van der Waals surface area contributed by atoms with Gasteiger partial charge in [0.25, 0.3) is 0 Å². The minimum absolute atomic E-state index is 0.130. The fourth-order valence-electron chi connectivity index (χ4n) is 1.95. The molecule has 0 bridgehead atoms. The molecule has 0 atom stereocenters. The van der Waals surface area contributed by atoms with Crippen molar-refractivity contribution in [1.29, 1.82) is 0 Å². The predicted octanol–water partition coefficient (Wildman–Crippen LogP) is 0.0635. The van der Waals surface area contributed by atoms with Gasteiger partial charge in [0, 0.05) is 24.0 Å². The van der Waals surface area contributed by atoms with Crippen LogP contribution in [0.1, 0.15) is 26.0 Å². The van der Waals surface area contributed by atoms with Crippen molar-refractivity contribution >= 4 is 23.2 Å². The Balaban J connectivity index is 2.18. The molecule has 98 valence electrons. The summed E-state index contributed by atoms with van der Waals surface area (Å²) in [4.78, 5) is 38.9. The van der Waals surface area contributed by atoms with Crippen LogP contribution in [0.5, 0.6) is 0 Å². The van der Waals surface area contributed by atoms with Crippen molar-refractivity contribution in [3.05, 3.63) is 20.7 Å². The molecule has 1 aromatic rings. The lowest BCUT2D eigenvalue weighted by molar-refractivity contribution is -0.137. The van der Waals surface area contributed by atoms with E-state index in [4.69, 9.17) is 0 Å². The lowest BCUT2D eigenvalue weighted by Gasteiger charge is -2.28. The second-order valence-electron chi connectivity index (χ2n) is 4.82. The molecular weight excluding hydrogens is 254 g/mol. The zero-order valence-corrected chi connectivity index (χ0v) is 11.1. The van der Waals surface area contributed by atoms with Gasteiger partial charge < -0.3 is 15.2 Å². The number of hydrogen-bond donors (Lipinski definition) is 2. The van der Waals surface area contributed by atoms with Crippen molar-refractivity contribution in [2.75, 3.05) is 6.54 Å². The van der Waals surface area contributed by atoms with E-state index < -0.39 is 5.54 Å². The molecule has 0 aromatic carbocycles. The Kier molecular flexibility index (Phi) is 3.25. The molecule has 0 aliphatic carbocycles. The number of hydrogen-bond acceptors (Lipinski definition) is 4. The second kappa shape index (κ2) is 4.56. The molecular formula is C11H15N3O3S. The highest BCUT2D eigenvalue weighted by atomic mass is 32.1. The summed E-state index contributed by atoms with van der Waals surface area (Å²) in [7, 11) is 0. The third-order valence-corrected chi connectivity index (χ3v) is 3.53. The van der Waals surface area contributed by atoms with Crippen LogP contribution in [-0.4, -0.2) is 33.8 Å². The number of H-pyrrole nitrogens is 1. The number of aromatic amines is 1. The largest absolute Gasteiger partial charge is 0.342 e. The van der Waals surface area contributed by atoms with Crippen molar-refractivity contribution in [2.24, 2.45) is 0 Å². The average Bonchev–Trinajstić information content (AvgIpc) is 2.64. The number of aromatic nitrogens is 1. The van der Waals surface area contributed by atoms with Gasteiger partial charge >= 0.3 is 4.87 Å². The first-order chi connectivity index (χ1) is 8.38. The van der Waals surface area contributed by atoms with E-state index in [0.717, 1.165) is 11.3 Å². The third-order valence-electron chi connectivity index (χ3n) is 2.81. The van der Waals surface area contributed by atoms with Gasteiger partial charge in [0.1, 0.15) is 5.54 Å². The summed E-state index contributed by atoms with van der Waals surface area (Å²) in [5.41, 5.74) is -0.201. The molecule has 1 saturated heterocycles. The molecule has 0 radical (unpaired) electrons. The molecule has 2 heterocycles. The van der Waals surface area contributed by atoms with Crippen molar-refractivity contribution in [2.45, 2.75) is 32.4 Å². The normalized spacial score (nSPS) is 19.6. The molecule has 1 aliphatic rings. The van der Waals surface area contributed by atoms with Crippen molar-refractivity contribution < 1.29 is 9.59 Å². The van der Waals surface area contributed by atoms with Gasteiger partial charge in [-0.15, -0.1) is 0 Å². The van der Waals surface area contributed by atoms with Crippen LogP contribution in [0.25, 0.3) is 0 Å². The third kappa shape index (κ3) is 2.61. The first kappa shape index (κ1) is 12.8. The molecule has 1 aliphatic heterocycles. The van der Waals surface area contributed by atoms with E-state index in [2.05, 4.69) is 10.3 Å². The summed E-state index contributed by atoms with van der Waals surface area (Å²) in [6.45, 7) is 4.06. The number of thiazole rings is 1. The number of carbonyl (C=O) groups excluding carboxylic acids is 2. The highest BCUT2D eigenvalue weighted by molar-refractivity contribution is 7.07. The quantitative estimate of drug-likeness (QED) is 0.796. The molecule has 18 heavy (non-hydrogen) atoms. The van der Waals surface area contributed by atoms with Crippen LogP contribution in [0.4, 0.5) is 0 Å². The smallest absolute Gasteiger partial charge is 0.304 e. The number of carbonyl (C=O) groups is 2. The molecule has 2 rings (SSSR count). The van der Waals surface area contributed by atoms with Gasteiger partial charge in [-0.1, -0.05) is 11.3 Å². The van der Waals surface area contributed by atoms with Gasteiger partial charge in [-0.3, -0.25) is 14.4 Å². The minimum Gasteiger partial charge on any atom is -0.342 e. The summed E-state index contributed by atoms with van der Waals surface area (Å²) in [6, 6.07) is 0. The molecule has 0 saturated carbocycles. The summed E-state index contributed by atoms with van der Waals surface area (Å²) in [5, 5.41) is 4.39. The molecule has 0 spiro atoms. The SMILES string of the molecule is CC1(C)NC(=O)CCN(Cc2csc(=O)[nH]2)C1=O. The van der Waals surface area contributed by atoms with Gasteiger partial charge in [0.15, 0.2) is 0 Å². The number of amides is 2. The van der Waals surface area contributed by atoms with Crippen LogP contribution in [0.15, 0.2) is 10.2 Å². The Labute approximate surface area is 108 Å². The predicted molar refractivity (Wildman–Crippen MR) is 67.2 cm³/mol. The first-order valence-corrected chi connectivity index (χ1v) is 6.53. The average molecular weight is 269 g/mol. The second-order valence-corrected chi connectivity index (χ2v) is 5.67. The van der Waals surface area contributed by atoms with E-state index in [1.165, 1.54) is 0 Å². The Morgan fingerprint density at radius 3 is 2.72 bits per heavy atom. The standard InChI is InChI=1S/C11H15N3O3S/c1-11(2)9(16)14(4-3-8(15)13-11)5-7-6-18-10(17)12-7/h6H,3-5H2,1-2H3,(H,12,17)(H,13,15). The zero-order valence-electron chi connectivity index (χ0n) is 10.3. The summed E-state index contributed by atoms with van der Waals surface area (Å²) in [5.74, 6) is -0.268. The lowest BCUT2D eigenvalue weighted by atomic mass is 10.0. The van der Waals surface area contributed by atoms with Gasteiger partial charge in [0.2, 0.25) is 11.8 Å². The Morgan fingerprint density at radius 1 is 1.39 bits per heavy atom. The first-order valence-electron chi connectivity index (χ1n) is 5.65. The van der Waals surface area contributed by atoms with Crippen molar-refractivity contribution in [3.8, 4) is 0 Å². The van der Waals surface area contributed by atoms with Crippen molar-refractivity contribution in [1.82, 2.24) is 15.2 Å². The fourth-order valence-corrected chi connectivity index (χ4v) is 2.52. The van der Waals surface area contributed by atoms with Crippen LogP contribution < -0.4 is 10.2 Å².